The number of hydrogen-bond donors (Lipinski definition) is 2. The van der Waals surface area contributed by atoms with Crippen molar-refractivity contribution in [1.82, 2.24) is 15.4 Å². The minimum Gasteiger partial charge on any atom is -0.371 e. The highest BCUT2D eigenvalue weighted by Gasteiger charge is 2.27. The average Bonchev–Trinajstić information content (AvgIpc) is 2.43. The summed E-state index contributed by atoms with van der Waals surface area (Å²) in [4.78, 5) is 16.1. The monoisotopic (exact) mass is 280 g/mol. The molecule has 0 spiro atoms. The van der Waals surface area contributed by atoms with Gasteiger partial charge in [-0.15, -0.1) is 0 Å². The normalized spacial score (nSPS) is 23.4. The number of anilines is 1. The molecule has 110 valence electrons. The van der Waals surface area contributed by atoms with Gasteiger partial charge in [-0.3, -0.25) is 10.2 Å². The van der Waals surface area contributed by atoms with Gasteiger partial charge in [-0.2, -0.15) is 0 Å². The summed E-state index contributed by atoms with van der Waals surface area (Å²) in [5.41, 5.74) is 2.83. The fraction of sp³-hybridized carbons (Fsp3) is 0.571. The van der Waals surface area contributed by atoms with E-state index in [1.165, 1.54) is 12.3 Å². The summed E-state index contributed by atoms with van der Waals surface area (Å²) in [5, 5.41) is 4.55. The molecule has 1 fully saturated rings. The Balaban J connectivity index is 2.15. The van der Waals surface area contributed by atoms with Gasteiger partial charge in [-0.1, -0.05) is 6.42 Å². The third-order valence-electron chi connectivity index (χ3n) is 3.79. The fourth-order valence-corrected chi connectivity index (χ4v) is 2.61. The lowest BCUT2D eigenvalue weighted by atomic mass is 10.00. The van der Waals surface area contributed by atoms with Crippen molar-refractivity contribution in [3.8, 4) is 0 Å². The third-order valence-corrected chi connectivity index (χ3v) is 3.79. The number of nitrogens with one attached hydrogen (secondary N) is 2. The number of amides is 1. The zero-order valence-corrected chi connectivity index (χ0v) is 12.1. The zero-order chi connectivity index (χ0) is 14.7. The summed E-state index contributed by atoms with van der Waals surface area (Å²) in [7, 11) is 1.57. The molecule has 0 radical (unpaired) electrons. The molecule has 1 aliphatic rings. The molecule has 1 amide bonds. The first-order chi connectivity index (χ1) is 9.54. The number of pyridine rings is 1. The molecule has 6 heteroatoms. The van der Waals surface area contributed by atoms with Gasteiger partial charge in [0.2, 0.25) is 0 Å². The van der Waals surface area contributed by atoms with Crippen LogP contribution in [0.4, 0.5) is 10.2 Å². The Kier molecular flexibility index (Phi) is 4.54. The van der Waals surface area contributed by atoms with Crippen molar-refractivity contribution in [2.24, 2.45) is 0 Å². The highest BCUT2D eigenvalue weighted by atomic mass is 19.1. The number of carbonyl (C=O) groups excluding carboxylic acids is 1. The predicted molar refractivity (Wildman–Crippen MR) is 75.8 cm³/mol. The Morgan fingerprint density at radius 2 is 2.05 bits per heavy atom. The summed E-state index contributed by atoms with van der Waals surface area (Å²) in [6.45, 7) is 4.13. The van der Waals surface area contributed by atoms with Crippen molar-refractivity contribution in [3.63, 3.8) is 0 Å². The summed E-state index contributed by atoms with van der Waals surface area (Å²) in [6, 6.07) is 1.91. The third kappa shape index (κ3) is 2.90. The van der Waals surface area contributed by atoms with Crippen LogP contribution in [0.3, 0.4) is 0 Å². The first-order valence-electron chi connectivity index (χ1n) is 6.96. The Morgan fingerprint density at radius 1 is 1.40 bits per heavy atom. The van der Waals surface area contributed by atoms with Crippen molar-refractivity contribution >= 4 is 11.7 Å². The lowest BCUT2D eigenvalue weighted by molar-refractivity contribution is 0.0367. The van der Waals surface area contributed by atoms with Gasteiger partial charge >= 0.3 is 0 Å². The molecule has 0 aliphatic carbocycles. The van der Waals surface area contributed by atoms with E-state index in [0.717, 1.165) is 19.3 Å². The van der Waals surface area contributed by atoms with Crippen LogP contribution in [0.1, 0.15) is 43.5 Å². The van der Waals surface area contributed by atoms with Crippen LogP contribution >= 0.6 is 0 Å². The van der Waals surface area contributed by atoms with E-state index in [1.54, 1.807) is 7.05 Å². The second-order valence-corrected chi connectivity index (χ2v) is 5.25. The SMILES string of the molecule is CNc1nccc(C(=O)NN2C(C)CCCC2C)c1F. The van der Waals surface area contributed by atoms with Crippen molar-refractivity contribution in [3.05, 3.63) is 23.6 Å². The average molecular weight is 280 g/mol. The number of nitrogens with zero attached hydrogens (tertiary/aromatic N) is 2. The van der Waals surface area contributed by atoms with E-state index in [2.05, 4.69) is 29.6 Å². The Morgan fingerprint density at radius 3 is 2.65 bits per heavy atom. The highest BCUT2D eigenvalue weighted by molar-refractivity contribution is 5.94. The Hall–Kier alpha value is -1.69. The minimum absolute atomic E-state index is 0.00863. The van der Waals surface area contributed by atoms with Crippen molar-refractivity contribution in [2.75, 3.05) is 12.4 Å². The molecule has 2 N–H and O–H groups in total. The van der Waals surface area contributed by atoms with Crippen LogP contribution in [0.25, 0.3) is 0 Å². The molecule has 5 nitrogen and oxygen atoms in total. The number of halogens is 1. The van der Waals surface area contributed by atoms with Crippen LogP contribution in [0, 0.1) is 5.82 Å². The molecule has 1 aromatic heterocycles. The first-order valence-corrected chi connectivity index (χ1v) is 6.96. The van der Waals surface area contributed by atoms with Gasteiger partial charge in [0.05, 0.1) is 5.56 Å². The van der Waals surface area contributed by atoms with Crippen LogP contribution in [0.5, 0.6) is 0 Å². The summed E-state index contributed by atoms with van der Waals surface area (Å²) in [6.07, 6.45) is 4.64. The molecule has 1 aliphatic heterocycles. The zero-order valence-electron chi connectivity index (χ0n) is 12.1. The molecule has 0 aromatic carbocycles. The maximum absolute atomic E-state index is 14.1. The molecule has 2 heterocycles. The van der Waals surface area contributed by atoms with Gasteiger partial charge < -0.3 is 5.32 Å². The van der Waals surface area contributed by atoms with Crippen LogP contribution in [0.15, 0.2) is 12.3 Å². The van der Waals surface area contributed by atoms with E-state index in [0.29, 0.717) is 0 Å². The first kappa shape index (κ1) is 14.7. The molecule has 1 saturated heterocycles. The molecular weight excluding hydrogens is 259 g/mol. The molecule has 2 rings (SSSR count). The van der Waals surface area contributed by atoms with Crippen molar-refractivity contribution < 1.29 is 9.18 Å². The second kappa shape index (κ2) is 6.17. The number of piperidine rings is 1. The summed E-state index contributed by atoms with van der Waals surface area (Å²) >= 11 is 0. The van der Waals surface area contributed by atoms with E-state index in [9.17, 15) is 9.18 Å². The Bertz CT molecular complexity index is 484. The maximum Gasteiger partial charge on any atom is 0.268 e. The summed E-state index contributed by atoms with van der Waals surface area (Å²) < 4.78 is 14.1. The van der Waals surface area contributed by atoms with E-state index in [4.69, 9.17) is 0 Å². The van der Waals surface area contributed by atoms with Crippen molar-refractivity contribution in [2.45, 2.75) is 45.2 Å². The van der Waals surface area contributed by atoms with Gasteiger partial charge in [-0.05, 0) is 32.8 Å². The minimum atomic E-state index is -0.621. The van der Waals surface area contributed by atoms with E-state index >= 15 is 0 Å². The number of rotatable bonds is 3. The van der Waals surface area contributed by atoms with Crippen LogP contribution in [-0.4, -0.2) is 35.0 Å². The number of aromatic nitrogens is 1. The van der Waals surface area contributed by atoms with Gasteiger partial charge in [0.25, 0.3) is 5.91 Å². The van der Waals surface area contributed by atoms with Gasteiger partial charge in [0, 0.05) is 25.3 Å². The fourth-order valence-electron chi connectivity index (χ4n) is 2.61. The predicted octanol–water partition coefficient (Wildman–Crippen LogP) is 2.17. The second-order valence-electron chi connectivity index (χ2n) is 5.25. The molecule has 2 unspecified atom stereocenters. The lowest BCUT2D eigenvalue weighted by Crippen LogP contribution is -2.54. The summed E-state index contributed by atoms with van der Waals surface area (Å²) in [5.74, 6) is -0.968. The Labute approximate surface area is 118 Å². The molecular formula is C14H21FN4O. The lowest BCUT2D eigenvalue weighted by Gasteiger charge is -2.38. The maximum atomic E-state index is 14.1. The van der Waals surface area contributed by atoms with Crippen LogP contribution in [-0.2, 0) is 0 Å². The van der Waals surface area contributed by atoms with E-state index < -0.39 is 11.7 Å². The van der Waals surface area contributed by atoms with Gasteiger partial charge in [-0.25, -0.2) is 14.4 Å². The molecule has 20 heavy (non-hydrogen) atoms. The number of hydrogen-bond acceptors (Lipinski definition) is 4. The molecule has 0 bridgehead atoms. The van der Waals surface area contributed by atoms with Crippen molar-refractivity contribution in [1.29, 1.82) is 0 Å². The van der Waals surface area contributed by atoms with E-state index in [-0.39, 0.29) is 23.5 Å². The highest BCUT2D eigenvalue weighted by Crippen LogP contribution is 2.21. The largest absolute Gasteiger partial charge is 0.371 e. The smallest absolute Gasteiger partial charge is 0.268 e. The van der Waals surface area contributed by atoms with Gasteiger partial charge in [0.1, 0.15) is 0 Å². The van der Waals surface area contributed by atoms with Gasteiger partial charge in [0.15, 0.2) is 11.6 Å². The molecule has 0 saturated carbocycles. The number of carbonyl (C=O) groups is 1. The molecule has 1 aromatic rings. The van der Waals surface area contributed by atoms with Crippen LogP contribution in [0.2, 0.25) is 0 Å². The quantitative estimate of drug-likeness (QED) is 0.891. The standard InChI is InChI=1S/C14H21FN4O/c1-9-5-4-6-10(2)19(9)18-14(20)11-7-8-17-13(16-3)12(11)15/h7-10H,4-6H2,1-3H3,(H,16,17)(H,18,20). The topological polar surface area (TPSA) is 57.3 Å². The van der Waals surface area contributed by atoms with Crippen LogP contribution < -0.4 is 10.7 Å². The number of hydrazine groups is 1. The molecule has 2 atom stereocenters. The van der Waals surface area contributed by atoms with E-state index in [1.807, 2.05) is 5.01 Å².